The molecule has 74 valence electrons. The van der Waals surface area contributed by atoms with E-state index in [9.17, 15) is 0 Å². The van der Waals surface area contributed by atoms with E-state index in [0.29, 0.717) is 5.95 Å². The molecule has 0 bridgehead atoms. The fourth-order valence-corrected chi connectivity index (χ4v) is 1.86. The number of imidazole rings is 1. The summed E-state index contributed by atoms with van der Waals surface area (Å²) in [5.74, 6) is 3.03. The molecular formula is C9H17N3S. The Hall–Kier alpha value is -0.640. The molecule has 0 amide bonds. The van der Waals surface area contributed by atoms with Crippen LogP contribution in [0.25, 0.3) is 0 Å². The van der Waals surface area contributed by atoms with E-state index in [0.717, 1.165) is 12.2 Å². The van der Waals surface area contributed by atoms with Crippen molar-refractivity contribution < 1.29 is 0 Å². The van der Waals surface area contributed by atoms with Gasteiger partial charge in [-0.25, -0.2) is 4.98 Å². The molecule has 0 unspecified atom stereocenters. The Morgan fingerprint density at radius 3 is 2.92 bits per heavy atom. The van der Waals surface area contributed by atoms with Crippen LogP contribution in [0, 0.1) is 6.92 Å². The summed E-state index contributed by atoms with van der Waals surface area (Å²) in [4.78, 5) is 4.05. The van der Waals surface area contributed by atoms with Gasteiger partial charge in [0.2, 0.25) is 0 Å². The molecule has 0 aliphatic rings. The van der Waals surface area contributed by atoms with Crippen LogP contribution < -0.4 is 5.73 Å². The van der Waals surface area contributed by atoms with E-state index in [2.05, 4.69) is 16.5 Å². The standard InChI is InChI=1S/C9H17N3S/c1-3-13-6-4-5-12-8(2)7-11-9(12)10/h7H,3-6H2,1-2H3,(H2,10,11). The van der Waals surface area contributed by atoms with E-state index in [-0.39, 0.29) is 0 Å². The van der Waals surface area contributed by atoms with Crippen molar-refractivity contribution in [1.29, 1.82) is 0 Å². The first kappa shape index (κ1) is 10.4. The van der Waals surface area contributed by atoms with Gasteiger partial charge in [-0.2, -0.15) is 11.8 Å². The lowest BCUT2D eigenvalue weighted by atomic mass is 10.4. The number of hydrogen-bond acceptors (Lipinski definition) is 3. The third kappa shape index (κ3) is 2.95. The topological polar surface area (TPSA) is 43.8 Å². The molecule has 0 fully saturated rings. The number of nitrogen functional groups attached to an aromatic ring is 1. The Morgan fingerprint density at radius 2 is 2.38 bits per heavy atom. The Balaban J connectivity index is 2.36. The van der Waals surface area contributed by atoms with E-state index in [4.69, 9.17) is 5.73 Å². The predicted octanol–water partition coefficient (Wildman–Crippen LogP) is 1.92. The van der Waals surface area contributed by atoms with E-state index in [1.54, 1.807) is 0 Å². The van der Waals surface area contributed by atoms with E-state index >= 15 is 0 Å². The van der Waals surface area contributed by atoms with Gasteiger partial charge in [0, 0.05) is 12.2 Å². The maximum Gasteiger partial charge on any atom is 0.200 e. The van der Waals surface area contributed by atoms with E-state index < -0.39 is 0 Å². The first-order valence-corrected chi connectivity index (χ1v) is 5.76. The largest absolute Gasteiger partial charge is 0.369 e. The van der Waals surface area contributed by atoms with Crippen molar-refractivity contribution in [2.75, 3.05) is 17.2 Å². The van der Waals surface area contributed by atoms with Crippen molar-refractivity contribution in [3.8, 4) is 0 Å². The van der Waals surface area contributed by atoms with Crippen molar-refractivity contribution in [2.24, 2.45) is 0 Å². The Morgan fingerprint density at radius 1 is 1.62 bits per heavy atom. The molecule has 0 saturated heterocycles. The number of thioether (sulfide) groups is 1. The molecule has 0 radical (unpaired) electrons. The number of anilines is 1. The number of hydrogen-bond donors (Lipinski definition) is 1. The van der Waals surface area contributed by atoms with Crippen molar-refractivity contribution in [3.05, 3.63) is 11.9 Å². The number of aryl methyl sites for hydroxylation is 1. The zero-order chi connectivity index (χ0) is 9.68. The fourth-order valence-electron chi connectivity index (χ4n) is 1.24. The second kappa shape index (κ2) is 5.17. The summed E-state index contributed by atoms with van der Waals surface area (Å²) in [7, 11) is 0. The van der Waals surface area contributed by atoms with Gasteiger partial charge in [-0.15, -0.1) is 0 Å². The first-order chi connectivity index (χ1) is 6.25. The second-order valence-electron chi connectivity index (χ2n) is 2.96. The lowest BCUT2D eigenvalue weighted by Gasteiger charge is -2.06. The molecule has 1 aromatic rings. The van der Waals surface area contributed by atoms with Crippen LogP contribution >= 0.6 is 11.8 Å². The summed E-state index contributed by atoms with van der Waals surface area (Å²) < 4.78 is 2.07. The zero-order valence-electron chi connectivity index (χ0n) is 8.29. The Bertz CT molecular complexity index is 238. The number of aromatic nitrogens is 2. The second-order valence-corrected chi connectivity index (χ2v) is 4.35. The maximum atomic E-state index is 5.70. The van der Waals surface area contributed by atoms with Crippen LogP contribution in [0.15, 0.2) is 6.20 Å². The fraction of sp³-hybridized carbons (Fsp3) is 0.667. The third-order valence-electron chi connectivity index (χ3n) is 1.96. The molecular weight excluding hydrogens is 182 g/mol. The quantitative estimate of drug-likeness (QED) is 0.737. The van der Waals surface area contributed by atoms with Gasteiger partial charge in [0.25, 0.3) is 0 Å². The van der Waals surface area contributed by atoms with Crippen LogP contribution in [0.3, 0.4) is 0 Å². The third-order valence-corrected chi connectivity index (χ3v) is 2.95. The van der Waals surface area contributed by atoms with Crippen molar-refractivity contribution in [3.63, 3.8) is 0 Å². The van der Waals surface area contributed by atoms with Crippen LogP contribution in [0.4, 0.5) is 5.95 Å². The lowest BCUT2D eigenvalue weighted by Crippen LogP contribution is -2.05. The van der Waals surface area contributed by atoms with Crippen LogP contribution in [-0.2, 0) is 6.54 Å². The Labute approximate surface area is 83.7 Å². The monoisotopic (exact) mass is 199 g/mol. The normalized spacial score (nSPS) is 10.6. The highest BCUT2D eigenvalue weighted by Crippen LogP contribution is 2.09. The van der Waals surface area contributed by atoms with Crippen molar-refractivity contribution in [1.82, 2.24) is 9.55 Å². The van der Waals surface area contributed by atoms with Gasteiger partial charge in [0.05, 0.1) is 6.20 Å². The van der Waals surface area contributed by atoms with Crippen LogP contribution in [0.5, 0.6) is 0 Å². The molecule has 1 heterocycles. The average molecular weight is 199 g/mol. The minimum Gasteiger partial charge on any atom is -0.369 e. The lowest BCUT2D eigenvalue weighted by molar-refractivity contribution is 0.676. The molecule has 0 atom stereocenters. The van der Waals surface area contributed by atoms with Gasteiger partial charge >= 0.3 is 0 Å². The van der Waals surface area contributed by atoms with Crippen molar-refractivity contribution >= 4 is 17.7 Å². The van der Waals surface area contributed by atoms with Gasteiger partial charge in [-0.3, -0.25) is 0 Å². The molecule has 13 heavy (non-hydrogen) atoms. The predicted molar refractivity (Wildman–Crippen MR) is 59.0 cm³/mol. The summed E-state index contributed by atoms with van der Waals surface area (Å²) in [6.07, 6.45) is 2.99. The number of nitrogens with zero attached hydrogens (tertiary/aromatic N) is 2. The molecule has 4 heteroatoms. The first-order valence-electron chi connectivity index (χ1n) is 4.61. The van der Waals surface area contributed by atoms with Gasteiger partial charge < -0.3 is 10.3 Å². The van der Waals surface area contributed by atoms with Gasteiger partial charge in [-0.05, 0) is 24.9 Å². The highest BCUT2D eigenvalue weighted by molar-refractivity contribution is 7.99. The molecule has 0 aliphatic heterocycles. The number of rotatable bonds is 5. The van der Waals surface area contributed by atoms with Crippen LogP contribution in [0.2, 0.25) is 0 Å². The van der Waals surface area contributed by atoms with E-state index in [1.807, 2.05) is 24.9 Å². The molecule has 1 rings (SSSR count). The molecule has 1 aromatic heterocycles. The maximum absolute atomic E-state index is 5.70. The number of nitrogens with two attached hydrogens (primary N) is 1. The minimum absolute atomic E-state index is 0.638. The molecule has 3 nitrogen and oxygen atoms in total. The molecule has 0 spiro atoms. The average Bonchev–Trinajstić information content (AvgIpc) is 2.42. The van der Waals surface area contributed by atoms with Gasteiger partial charge in [0.15, 0.2) is 5.95 Å². The minimum atomic E-state index is 0.638. The van der Waals surface area contributed by atoms with Gasteiger partial charge in [0.1, 0.15) is 0 Å². The van der Waals surface area contributed by atoms with Crippen molar-refractivity contribution in [2.45, 2.75) is 26.8 Å². The molecule has 0 aromatic carbocycles. The highest BCUT2D eigenvalue weighted by Gasteiger charge is 2.01. The summed E-state index contributed by atoms with van der Waals surface area (Å²) in [6, 6.07) is 0. The molecule has 0 saturated carbocycles. The molecule has 2 N–H and O–H groups in total. The Kier molecular flexibility index (Phi) is 4.15. The SMILES string of the molecule is CCSCCCn1c(C)cnc1N. The summed E-state index contributed by atoms with van der Waals surface area (Å²) in [6.45, 7) is 5.21. The summed E-state index contributed by atoms with van der Waals surface area (Å²) in [5, 5.41) is 0. The smallest absolute Gasteiger partial charge is 0.200 e. The van der Waals surface area contributed by atoms with E-state index in [1.165, 1.54) is 17.9 Å². The van der Waals surface area contributed by atoms with Crippen LogP contribution in [-0.4, -0.2) is 21.1 Å². The summed E-state index contributed by atoms with van der Waals surface area (Å²) in [5.41, 5.74) is 6.85. The van der Waals surface area contributed by atoms with Crippen LogP contribution in [0.1, 0.15) is 19.0 Å². The summed E-state index contributed by atoms with van der Waals surface area (Å²) >= 11 is 1.97. The van der Waals surface area contributed by atoms with Gasteiger partial charge in [-0.1, -0.05) is 6.92 Å². The zero-order valence-corrected chi connectivity index (χ0v) is 9.10. The molecule has 0 aliphatic carbocycles. The highest BCUT2D eigenvalue weighted by atomic mass is 32.2.